The van der Waals surface area contributed by atoms with Crippen molar-refractivity contribution in [2.45, 2.75) is 43.0 Å². The normalized spacial score (nSPS) is 25.0. The van der Waals surface area contributed by atoms with Gasteiger partial charge in [0.05, 0.1) is 5.56 Å². The summed E-state index contributed by atoms with van der Waals surface area (Å²) in [5.41, 5.74) is 0.566. The summed E-state index contributed by atoms with van der Waals surface area (Å²) in [4.78, 5) is 12.9. The van der Waals surface area contributed by atoms with Gasteiger partial charge in [0.25, 0.3) is 5.91 Å². The molecule has 1 aliphatic heterocycles. The molecule has 0 spiro atoms. The number of carbonyl (C=O) groups excluding carboxylic acids is 1. The zero-order valence-electron chi connectivity index (χ0n) is 11.9. The molecule has 1 aliphatic carbocycles. The van der Waals surface area contributed by atoms with Crippen LogP contribution in [-0.4, -0.2) is 30.0 Å². The second-order valence-electron chi connectivity index (χ2n) is 5.56. The number of alkyl halides is 1. The van der Waals surface area contributed by atoms with Gasteiger partial charge in [-0.25, -0.2) is 0 Å². The van der Waals surface area contributed by atoms with E-state index < -0.39 is 0 Å². The van der Waals surface area contributed by atoms with E-state index in [9.17, 15) is 4.79 Å². The summed E-state index contributed by atoms with van der Waals surface area (Å²) >= 11 is 3.71. The van der Waals surface area contributed by atoms with Crippen molar-refractivity contribution in [2.75, 3.05) is 13.2 Å². The molecule has 1 fully saturated rings. The van der Waals surface area contributed by atoms with Gasteiger partial charge in [0, 0.05) is 10.9 Å². The van der Waals surface area contributed by atoms with E-state index in [2.05, 4.69) is 21.2 Å². The molecular formula is C16H20BrNO3. The zero-order valence-corrected chi connectivity index (χ0v) is 13.5. The number of hydrogen-bond donors (Lipinski definition) is 1. The Balaban J connectivity index is 1.76. The molecule has 1 saturated carbocycles. The van der Waals surface area contributed by atoms with Gasteiger partial charge in [0.2, 0.25) is 0 Å². The quantitative estimate of drug-likeness (QED) is 0.655. The van der Waals surface area contributed by atoms with E-state index in [0.717, 1.165) is 12.8 Å². The fourth-order valence-corrected chi connectivity index (χ4v) is 3.64. The van der Waals surface area contributed by atoms with Crippen LogP contribution in [0.1, 0.15) is 42.5 Å². The third kappa shape index (κ3) is 3.34. The highest BCUT2D eigenvalue weighted by molar-refractivity contribution is 9.09. The molecule has 4 nitrogen and oxygen atoms in total. The van der Waals surface area contributed by atoms with Gasteiger partial charge in [-0.3, -0.25) is 4.79 Å². The third-order valence-electron chi connectivity index (χ3n) is 4.06. The number of para-hydroxylation sites is 1. The van der Waals surface area contributed by atoms with Crippen LogP contribution >= 0.6 is 15.9 Å². The maximum Gasteiger partial charge on any atom is 0.255 e. The number of benzene rings is 1. The van der Waals surface area contributed by atoms with Crippen molar-refractivity contribution >= 4 is 21.8 Å². The lowest BCUT2D eigenvalue weighted by Gasteiger charge is -2.24. The predicted molar refractivity (Wildman–Crippen MR) is 84.5 cm³/mol. The Morgan fingerprint density at radius 2 is 1.95 bits per heavy atom. The summed E-state index contributed by atoms with van der Waals surface area (Å²) in [6, 6.07) is 5.65. The van der Waals surface area contributed by atoms with Gasteiger partial charge in [-0.1, -0.05) is 41.3 Å². The molecule has 2 unspecified atom stereocenters. The molecule has 0 radical (unpaired) electrons. The molecule has 1 heterocycles. The number of nitrogens with one attached hydrogen (secondary N) is 1. The molecule has 1 amide bonds. The molecule has 3 rings (SSSR count). The first-order valence-corrected chi connectivity index (χ1v) is 8.51. The average Bonchev–Trinajstić information content (AvgIpc) is 2.71. The van der Waals surface area contributed by atoms with Crippen LogP contribution in [0.5, 0.6) is 11.5 Å². The maximum absolute atomic E-state index is 12.6. The van der Waals surface area contributed by atoms with Crippen molar-refractivity contribution in [3.05, 3.63) is 23.8 Å². The number of ether oxygens (including phenoxy) is 2. The standard InChI is InChI=1S/C16H20BrNO3/c17-12-6-2-1-3-7-13(12)18-16(19)11-5-4-8-14-15(11)21-10-9-20-14/h4-5,8,12-13H,1-3,6-7,9-10H2,(H,18,19). The van der Waals surface area contributed by atoms with Crippen molar-refractivity contribution in [3.8, 4) is 11.5 Å². The first kappa shape index (κ1) is 14.7. The van der Waals surface area contributed by atoms with E-state index in [4.69, 9.17) is 9.47 Å². The monoisotopic (exact) mass is 353 g/mol. The number of rotatable bonds is 2. The first-order chi connectivity index (χ1) is 10.3. The van der Waals surface area contributed by atoms with Crippen molar-refractivity contribution in [1.29, 1.82) is 0 Å². The summed E-state index contributed by atoms with van der Waals surface area (Å²) in [6.07, 6.45) is 5.76. The van der Waals surface area contributed by atoms with Crippen molar-refractivity contribution in [1.82, 2.24) is 5.32 Å². The van der Waals surface area contributed by atoms with Crippen LogP contribution < -0.4 is 14.8 Å². The topological polar surface area (TPSA) is 47.6 Å². The lowest BCUT2D eigenvalue weighted by Crippen LogP contribution is -2.40. The molecule has 1 aromatic rings. The van der Waals surface area contributed by atoms with Gasteiger partial charge >= 0.3 is 0 Å². The minimum absolute atomic E-state index is 0.0753. The van der Waals surface area contributed by atoms with E-state index in [1.165, 1.54) is 19.3 Å². The molecule has 0 saturated heterocycles. The molecular weight excluding hydrogens is 334 g/mol. The molecule has 2 aliphatic rings. The van der Waals surface area contributed by atoms with Gasteiger partial charge in [-0.2, -0.15) is 0 Å². The van der Waals surface area contributed by atoms with E-state index >= 15 is 0 Å². The Bertz CT molecular complexity index is 520. The molecule has 1 aromatic carbocycles. The van der Waals surface area contributed by atoms with E-state index in [1.807, 2.05) is 12.1 Å². The molecule has 0 bridgehead atoms. The SMILES string of the molecule is O=C(NC1CCCCCC1Br)c1cccc2c1OCCO2. The Morgan fingerprint density at radius 3 is 2.86 bits per heavy atom. The molecule has 1 N–H and O–H groups in total. The predicted octanol–water partition coefficient (Wildman–Crippen LogP) is 3.28. The van der Waals surface area contributed by atoms with Crippen LogP contribution in [0.3, 0.4) is 0 Å². The van der Waals surface area contributed by atoms with Crippen molar-refractivity contribution in [3.63, 3.8) is 0 Å². The molecule has 2 atom stereocenters. The van der Waals surface area contributed by atoms with Gasteiger partial charge in [0.1, 0.15) is 13.2 Å². The Morgan fingerprint density at radius 1 is 1.14 bits per heavy atom. The summed E-state index contributed by atoms with van der Waals surface area (Å²) < 4.78 is 11.1. The second-order valence-corrected chi connectivity index (χ2v) is 6.74. The fraction of sp³-hybridized carbons (Fsp3) is 0.562. The van der Waals surface area contributed by atoms with Gasteiger partial charge < -0.3 is 14.8 Å². The Labute approximate surface area is 133 Å². The van der Waals surface area contributed by atoms with Crippen LogP contribution in [0.4, 0.5) is 0 Å². The fourth-order valence-electron chi connectivity index (χ4n) is 2.92. The highest BCUT2D eigenvalue weighted by Crippen LogP contribution is 2.34. The lowest BCUT2D eigenvalue weighted by molar-refractivity contribution is 0.0924. The van der Waals surface area contributed by atoms with Crippen LogP contribution in [0, 0.1) is 0 Å². The summed E-state index contributed by atoms with van der Waals surface area (Å²) in [7, 11) is 0. The van der Waals surface area contributed by atoms with Crippen LogP contribution in [-0.2, 0) is 0 Å². The summed E-state index contributed by atoms with van der Waals surface area (Å²) in [5, 5.41) is 3.15. The molecule has 21 heavy (non-hydrogen) atoms. The Kier molecular flexibility index (Phi) is 4.68. The highest BCUT2D eigenvalue weighted by Gasteiger charge is 2.26. The van der Waals surface area contributed by atoms with E-state index in [1.54, 1.807) is 6.07 Å². The largest absolute Gasteiger partial charge is 0.486 e. The van der Waals surface area contributed by atoms with Crippen LogP contribution in [0.25, 0.3) is 0 Å². The second kappa shape index (κ2) is 6.69. The van der Waals surface area contributed by atoms with Gasteiger partial charge in [-0.05, 0) is 25.0 Å². The highest BCUT2D eigenvalue weighted by atomic mass is 79.9. The van der Waals surface area contributed by atoms with Crippen molar-refractivity contribution < 1.29 is 14.3 Å². The lowest BCUT2D eigenvalue weighted by atomic mass is 10.1. The molecule has 0 aromatic heterocycles. The number of fused-ring (bicyclic) bond motifs is 1. The number of hydrogen-bond acceptors (Lipinski definition) is 3. The molecule has 114 valence electrons. The molecule has 5 heteroatoms. The van der Waals surface area contributed by atoms with Crippen molar-refractivity contribution in [2.24, 2.45) is 0 Å². The third-order valence-corrected chi connectivity index (χ3v) is 5.15. The number of halogens is 1. The average molecular weight is 354 g/mol. The maximum atomic E-state index is 12.6. The van der Waals surface area contributed by atoms with Gasteiger partial charge in [-0.15, -0.1) is 0 Å². The van der Waals surface area contributed by atoms with E-state index in [-0.39, 0.29) is 11.9 Å². The minimum Gasteiger partial charge on any atom is -0.486 e. The number of amides is 1. The van der Waals surface area contributed by atoms with E-state index in [0.29, 0.717) is 35.1 Å². The summed E-state index contributed by atoms with van der Waals surface area (Å²) in [5.74, 6) is 1.15. The van der Waals surface area contributed by atoms with Crippen LogP contribution in [0.2, 0.25) is 0 Å². The zero-order chi connectivity index (χ0) is 14.7. The summed E-state index contributed by atoms with van der Waals surface area (Å²) in [6.45, 7) is 1.02. The minimum atomic E-state index is -0.0753. The van der Waals surface area contributed by atoms with Crippen LogP contribution in [0.15, 0.2) is 18.2 Å². The smallest absolute Gasteiger partial charge is 0.255 e. The van der Waals surface area contributed by atoms with Gasteiger partial charge in [0.15, 0.2) is 11.5 Å². The first-order valence-electron chi connectivity index (χ1n) is 7.59. The Hall–Kier alpha value is -1.23. The number of carbonyl (C=O) groups is 1.